The van der Waals surface area contributed by atoms with Gasteiger partial charge in [0.25, 0.3) is 11.8 Å². The number of ketones is 1. The van der Waals surface area contributed by atoms with E-state index in [-0.39, 0.29) is 22.6 Å². The number of carbonyl (C=O) groups excluding carboxylic acids is 4. The van der Waals surface area contributed by atoms with Gasteiger partial charge < -0.3 is 4.74 Å². The van der Waals surface area contributed by atoms with Gasteiger partial charge in [-0.3, -0.25) is 19.4 Å². The third-order valence-corrected chi connectivity index (χ3v) is 6.63. The van der Waals surface area contributed by atoms with E-state index in [4.69, 9.17) is 4.74 Å². The Hall–Kier alpha value is -4.17. The first-order valence-corrected chi connectivity index (χ1v) is 11.4. The quantitative estimate of drug-likeness (QED) is 0.237. The minimum absolute atomic E-state index is 0.135. The molecule has 2 aromatic carbocycles. The van der Waals surface area contributed by atoms with E-state index in [9.17, 15) is 19.2 Å². The van der Waals surface area contributed by atoms with Gasteiger partial charge in [-0.25, -0.2) is 9.69 Å². The lowest BCUT2D eigenvalue weighted by Crippen LogP contribution is -2.30. The standard InChI is InChI=1S/C26H18N2O5S/c1-14-9-10-16(26(32)33-13-20(29)21-8-5-11-34-21)12-19(14)28-24(30)22-15(2)27-18-7-4-3-6-17(18)23(22)25(28)31/h3-12H,13H2,1-2H3. The van der Waals surface area contributed by atoms with Crippen molar-refractivity contribution < 1.29 is 23.9 Å². The summed E-state index contributed by atoms with van der Waals surface area (Å²) < 4.78 is 5.18. The fraction of sp³-hybridized carbons (Fsp3) is 0.115. The van der Waals surface area contributed by atoms with Gasteiger partial charge in [-0.1, -0.05) is 30.3 Å². The summed E-state index contributed by atoms with van der Waals surface area (Å²) in [4.78, 5) is 57.7. The molecule has 1 aliphatic heterocycles. The van der Waals surface area contributed by atoms with E-state index in [2.05, 4.69) is 4.98 Å². The number of esters is 1. The van der Waals surface area contributed by atoms with Gasteiger partial charge in [0.1, 0.15) is 0 Å². The Labute approximate surface area is 198 Å². The smallest absolute Gasteiger partial charge is 0.338 e. The summed E-state index contributed by atoms with van der Waals surface area (Å²) in [5.74, 6) is -1.97. The Morgan fingerprint density at radius 2 is 1.74 bits per heavy atom. The van der Waals surface area contributed by atoms with Crippen LogP contribution in [0.15, 0.2) is 60.0 Å². The number of nitrogens with zero attached hydrogens (tertiary/aromatic N) is 2. The van der Waals surface area contributed by atoms with Crippen LogP contribution >= 0.6 is 11.3 Å². The van der Waals surface area contributed by atoms with Gasteiger partial charge in [-0.2, -0.15) is 0 Å². The summed E-state index contributed by atoms with van der Waals surface area (Å²) in [6.45, 7) is 3.05. The zero-order valence-corrected chi connectivity index (χ0v) is 19.1. The van der Waals surface area contributed by atoms with E-state index in [1.165, 1.54) is 23.5 Å². The Bertz CT molecular complexity index is 1510. The number of imide groups is 1. The van der Waals surface area contributed by atoms with Crippen molar-refractivity contribution in [3.05, 3.63) is 92.8 Å². The summed E-state index contributed by atoms with van der Waals surface area (Å²) in [6, 6.07) is 15.2. The van der Waals surface area contributed by atoms with Crippen molar-refractivity contribution in [2.24, 2.45) is 0 Å². The van der Waals surface area contributed by atoms with Crippen LogP contribution in [-0.4, -0.2) is 35.2 Å². The molecule has 0 fully saturated rings. The highest BCUT2D eigenvalue weighted by Crippen LogP contribution is 2.36. The molecular weight excluding hydrogens is 452 g/mol. The van der Waals surface area contributed by atoms with E-state index < -0.39 is 24.4 Å². The number of benzene rings is 2. The lowest BCUT2D eigenvalue weighted by molar-refractivity contribution is 0.0475. The summed E-state index contributed by atoms with van der Waals surface area (Å²) in [7, 11) is 0. The third-order valence-electron chi connectivity index (χ3n) is 5.72. The fourth-order valence-corrected chi connectivity index (χ4v) is 4.70. The highest BCUT2D eigenvalue weighted by Gasteiger charge is 2.40. The molecule has 168 valence electrons. The van der Waals surface area contributed by atoms with Crippen LogP contribution in [0.3, 0.4) is 0 Å². The average molecular weight is 471 g/mol. The molecule has 0 spiro atoms. The van der Waals surface area contributed by atoms with E-state index in [1.807, 2.05) is 6.07 Å². The van der Waals surface area contributed by atoms with Crippen molar-refractivity contribution in [2.75, 3.05) is 11.5 Å². The highest BCUT2D eigenvalue weighted by atomic mass is 32.1. The maximum atomic E-state index is 13.5. The van der Waals surface area contributed by atoms with E-state index in [0.29, 0.717) is 32.6 Å². The van der Waals surface area contributed by atoms with E-state index in [0.717, 1.165) is 4.90 Å². The average Bonchev–Trinajstić information content (AvgIpc) is 3.45. The number of anilines is 1. The molecule has 0 saturated carbocycles. The van der Waals surface area contributed by atoms with E-state index >= 15 is 0 Å². The van der Waals surface area contributed by atoms with Crippen LogP contribution in [0.4, 0.5) is 5.69 Å². The Morgan fingerprint density at radius 3 is 2.50 bits per heavy atom. The molecule has 0 N–H and O–H groups in total. The molecule has 34 heavy (non-hydrogen) atoms. The summed E-state index contributed by atoms with van der Waals surface area (Å²) >= 11 is 1.27. The van der Waals surface area contributed by atoms with Crippen molar-refractivity contribution >= 4 is 51.5 Å². The topological polar surface area (TPSA) is 93.6 Å². The van der Waals surface area contributed by atoms with Crippen molar-refractivity contribution in [1.82, 2.24) is 4.98 Å². The van der Waals surface area contributed by atoms with Crippen LogP contribution in [0.1, 0.15) is 52.0 Å². The molecular formula is C26H18N2O5S. The highest BCUT2D eigenvalue weighted by molar-refractivity contribution is 7.12. The van der Waals surface area contributed by atoms with Crippen LogP contribution in [0.2, 0.25) is 0 Å². The SMILES string of the molecule is Cc1ccc(C(=O)OCC(=O)c2cccs2)cc1N1C(=O)c2c(C)nc3ccccc3c2C1=O. The molecule has 1 aliphatic rings. The van der Waals surface area contributed by atoms with Gasteiger partial charge in [0.15, 0.2) is 6.61 Å². The maximum absolute atomic E-state index is 13.5. The third kappa shape index (κ3) is 3.48. The molecule has 0 atom stereocenters. The predicted octanol–water partition coefficient (Wildman–Crippen LogP) is 4.75. The fourth-order valence-electron chi connectivity index (χ4n) is 4.05. The number of thiophene rings is 1. The molecule has 0 bridgehead atoms. The van der Waals surface area contributed by atoms with Crippen molar-refractivity contribution in [2.45, 2.75) is 13.8 Å². The Morgan fingerprint density at radius 1 is 0.971 bits per heavy atom. The Kier molecular flexibility index (Phi) is 5.30. The number of carbonyl (C=O) groups is 4. The summed E-state index contributed by atoms with van der Waals surface area (Å²) in [5, 5.41) is 2.37. The number of amides is 2. The number of aryl methyl sites for hydroxylation is 2. The molecule has 5 rings (SSSR count). The minimum Gasteiger partial charge on any atom is -0.454 e. The van der Waals surface area contributed by atoms with Gasteiger partial charge in [0.05, 0.1) is 38.5 Å². The summed E-state index contributed by atoms with van der Waals surface area (Å²) in [6.07, 6.45) is 0. The lowest BCUT2D eigenvalue weighted by Gasteiger charge is -2.17. The molecule has 4 aromatic rings. The van der Waals surface area contributed by atoms with Crippen LogP contribution in [0, 0.1) is 13.8 Å². The van der Waals surface area contributed by atoms with Gasteiger partial charge in [0.2, 0.25) is 5.78 Å². The predicted molar refractivity (Wildman–Crippen MR) is 128 cm³/mol. The number of Topliss-reactive ketones (excluding diaryl/α,β-unsaturated/α-hetero) is 1. The van der Waals surface area contributed by atoms with Crippen LogP contribution in [0.5, 0.6) is 0 Å². The van der Waals surface area contributed by atoms with E-state index in [1.54, 1.807) is 55.6 Å². The van der Waals surface area contributed by atoms with Gasteiger partial charge in [-0.15, -0.1) is 11.3 Å². The second-order valence-corrected chi connectivity index (χ2v) is 8.84. The number of para-hydroxylation sites is 1. The second-order valence-electron chi connectivity index (χ2n) is 7.89. The number of fused-ring (bicyclic) bond motifs is 3. The largest absolute Gasteiger partial charge is 0.454 e. The normalized spacial score (nSPS) is 12.8. The first kappa shape index (κ1) is 21.7. The number of ether oxygens (including phenoxy) is 1. The lowest BCUT2D eigenvalue weighted by atomic mass is 10.0. The van der Waals surface area contributed by atoms with Gasteiger partial charge in [0, 0.05) is 5.39 Å². The molecule has 0 saturated heterocycles. The van der Waals surface area contributed by atoms with Gasteiger partial charge >= 0.3 is 5.97 Å². The monoisotopic (exact) mass is 470 g/mol. The van der Waals surface area contributed by atoms with Crippen molar-refractivity contribution in [3.63, 3.8) is 0 Å². The molecule has 2 amide bonds. The van der Waals surface area contributed by atoms with Crippen LogP contribution in [0.25, 0.3) is 10.9 Å². The number of hydrogen-bond acceptors (Lipinski definition) is 7. The van der Waals surface area contributed by atoms with Crippen LogP contribution in [-0.2, 0) is 4.74 Å². The molecule has 2 aromatic heterocycles. The first-order valence-electron chi connectivity index (χ1n) is 10.5. The first-order chi connectivity index (χ1) is 16.4. The molecule has 0 unspecified atom stereocenters. The number of aromatic nitrogens is 1. The maximum Gasteiger partial charge on any atom is 0.338 e. The number of hydrogen-bond donors (Lipinski definition) is 0. The molecule has 3 heterocycles. The van der Waals surface area contributed by atoms with Crippen molar-refractivity contribution in [3.8, 4) is 0 Å². The summed E-state index contributed by atoms with van der Waals surface area (Å²) in [5.41, 5.74) is 2.72. The minimum atomic E-state index is -0.717. The zero-order chi connectivity index (χ0) is 24.0. The molecule has 7 nitrogen and oxygen atoms in total. The molecule has 0 radical (unpaired) electrons. The van der Waals surface area contributed by atoms with Crippen LogP contribution < -0.4 is 4.90 Å². The molecule has 0 aliphatic carbocycles. The number of pyridine rings is 1. The molecule has 8 heteroatoms. The van der Waals surface area contributed by atoms with Crippen molar-refractivity contribution in [1.29, 1.82) is 0 Å². The number of rotatable bonds is 5. The zero-order valence-electron chi connectivity index (χ0n) is 18.3. The Balaban J connectivity index is 1.47. The second kappa shape index (κ2) is 8.31. The van der Waals surface area contributed by atoms with Gasteiger partial charge in [-0.05, 0) is 49.1 Å².